The number of hydrogen-bond donors (Lipinski definition) is 8. The van der Waals surface area contributed by atoms with E-state index in [-0.39, 0.29) is 17.1 Å². The molecule has 0 spiro atoms. The summed E-state index contributed by atoms with van der Waals surface area (Å²) in [7, 11) is 1.35. The molecule has 1 aromatic carbocycles. The van der Waals surface area contributed by atoms with Crippen LogP contribution in [0.15, 0.2) is 33.5 Å². The Kier molecular flexibility index (Phi) is 10.3. The van der Waals surface area contributed by atoms with E-state index in [1.807, 2.05) is 0 Å². The first-order chi connectivity index (χ1) is 21.3. The third kappa shape index (κ3) is 6.82. The molecule has 2 aromatic rings. The highest BCUT2D eigenvalue weighted by molar-refractivity contribution is 5.80. The number of ether oxygens (including phenoxy) is 7. The first-order valence-corrected chi connectivity index (χ1v) is 14.3. The van der Waals surface area contributed by atoms with Gasteiger partial charge in [-0.1, -0.05) is 0 Å². The molecule has 17 nitrogen and oxygen atoms in total. The van der Waals surface area contributed by atoms with Gasteiger partial charge in [0.05, 0.1) is 25.9 Å². The third-order valence-corrected chi connectivity index (χ3v) is 8.13. The molecule has 8 N–H and O–H groups in total. The van der Waals surface area contributed by atoms with Crippen molar-refractivity contribution in [1.82, 2.24) is 0 Å². The van der Waals surface area contributed by atoms with Crippen LogP contribution in [0.25, 0.3) is 11.0 Å². The standard InChI is InChI=1S/C28H38O17/c1-9-17(30)20(33)23(36)26(40-9)39-8-15-19(32)22(35)25(45-27-24(37)21(34)18(31)10(2)41-27)28(44-15)43-14-7-12-11(6-13(14)38-3)4-5-16(29)42-12/h4-7,9-10,15,17-28,30-37H,8H2,1-3H3/t9-,10+,15+,17+,18+,19-,20-,21-,22+,23-,24-,25-,26-,27-,28-/m1/s1. The normalized spacial score (nSPS) is 42.4. The lowest BCUT2D eigenvalue weighted by atomic mass is 9.97. The van der Waals surface area contributed by atoms with Gasteiger partial charge in [-0.15, -0.1) is 0 Å². The van der Waals surface area contributed by atoms with Crippen LogP contribution in [0.1, 0.15) is 13.8 Å². The molecule has 3 fully saturated rings. The van der Waals surface area contributed by atoms with Crippen molar-refractivity contribution in [2.24, 2.45) is 0 Å². The average molecular weight is 647 g/mol. The van der Waals surface area contributed by atoms with E-state index in [2.05, 4.69) is 0 Å². The molecule has 0 unspecified atom stereocenters. The van der Waals surface area contributed by atoms with Gasteiger partial charge in [0, 0.05) is 17.5 Å². The molecule has 17 heteroatoms. The molecule has 0 saturated carbocycles. The SMILES string of the molecule is COc1cc2ccc(=O)oc2cc1O[C@@H]1O[C@@H](CO[C@@H]2O[C@H](C)[C@H](O)[C@@H](O)[C@H]2O)[C@@H](O)[C@H](O)[C@H]1O[C@H]1O[C@@H](C)[C@H](O)[C@@H](O)[C@H]1O. The molecule has 3 aliphatic heterocycles. The van der Waals surface area contributed by atoms with E-state index in [1.54, 1.807) is 0 Å². The lowest BCUT2D eigenvalue weighted by Gasteiger charge is -2.46. The molecule has 1 aromatic heterocycles. The van der Waals surface area contributed by atoms with Crippen LogP contribution in [0.5, 0.6) is 11.5 Å². The van der Waals surface area contributed by atoms with Crippen molar-refractivity contribution in [2.75, 3.05) is 13.7 Å². The van der Waals surface area contributed by atoms with Crippen molar-refractivity contribution in [3.05, 3.63) is 34.7 Å². The Balaban J connectivity index is 1.42. The maximum absolute atomic E-state index is 11.8. The monoisotopic (exact) mass is 646 g/mol. The Morgan fingerprint density at radius 2 is 1.31 bits per heavy atom. The summed E-state index contributed by atoms with van der Waals surface area (Å²) >= 11 is 0. The Labute approximate surface area is 255 Å². The molecular formula is C28H38O17. The molecule has 0 aliphatic carbocycles. The first-order valence-electron chi connectivity index (χ1n) is 14.3. The van der Waals surface area contributed by atoms with Crippen LogP contribution in [0.4, 0.5) is 0 Å². The highest BCUT2D eigenvalue weighted by Gasteiger charge is 2.52. The molecule has 15 atom stereocenters. The lowest BCUT2D eigenvalue weighted by molar-refractivity contribution is -0.360. The van der Waals surface area contributed by atoms with Gasteiger partial charge in [-0.25, -0.2) is 4.79 Å². The van der Waals surface area contributed by atoms with Crippen LogP contribution in [0.2, 0.25) is 0 Å². The highest BCUT2D eigenvalue weighted by atomic mass is 16.8. The number of hydrogen-bond acceptors (Lipinski definition) is 17. The van der Waals surface area contributed by atoms with Crippen LogP contribution >= 0.6 is 0 Å². The van der Waals surface area contributed by atoms with E-state index in [0.717, 1.165) is 0 Å². The second kappa shape index (κ2) is 13.7. The van der Waals surface area contributed by atoms with Gasteiger partial charge in [-0.05, 0) is 26.0 Å². The van der Waals surface area contributed by atoms with E-state index >= 15 is 0 Å². The van der Waals surface area contributed by atoms with Gasteiger partial charge in [-0.2, -0.15) is 0 Å². The number of rotatable bonds is 8. The van der Waals surface area contributed by atoms with Gasteiger partial charge >= 0.3 is 5.63 Å². The summed E-state index contributed by atoms with van der Waals surface area (Å²) in [5.41, 5.74) is -0.524. The molecular weight excluding hydrogens is 608 g/mol. The minimum absolute atomic E-state index is 0.0490. The fourth-order valence-electron chi connectivity index (χ4n) is 5.36. The van der Waals surface area contributed by atoms with Crippen LogP contribution in [-0.2, 0) is 23.7 Å². The van der Waals surface area contributed by atoms with Crippen molar-refractivity contribution >= 4 is 11.0 Å². The Morgan fingerprint density at radius 1 is 0.689 bits per heavy atom. The summed E-state index contributed by atoms with van der Waals surface area (Å²) < 4.78 is 44.9. The smallest absolute Gasteiger partial charge is 0.336 e. The Bertz CT molecular complexity index is 1350. The molecule has 0 amide bonds. The lowest BCUT2D eigenvalue weighted by Crippen LogP contribution is -2.65. The second-order valence-electron chi connectivity index (χ2n) is 11.2. The molecule has 0 bridgehead atoms. The zero-order chi connectivity index (χ0) is 32.7. The number of aliphatic hydroxyl groups is 8. The second-order valence-corrected chi connectivity index (χ2v) is 11.2. The van der Waals surface area contributed by atoms with Crippen molar-refractivity contribution in [2.45, 2.75) is 106 Å². The summed E-state index contributed by atoms with van der Waals surface area (Å²) in [6.45, 7) is 2.35. The fourth-order valence-corrected chi connectivity index (χ4v) is 5.36. The molecule has 5 rings (SSSR count). The minimum atomic E-state index is -1.82. The molecule has 0 radical (unpaired) electrons. The van der Waals surface area contributed by atoms with Crippen LogP contribution in [0, 0.1) is 0 Å². The van der Waals surface area contributed by atoms with Crippen molar-refractivity contribution in [3.63, 3.8) is 0 Å². The van der Waals surface area contributed by atoms with Crippen molar-refractivity contribution in [1.29, 1.82) is 0 Å². The van der Waals surface area contributed by atoms with Gasteiger partial charge in [0.25, 0.3) is 0 Å². The van der Waals surface area contributed by atoms with Crippen LogP contribution in [0.3, 0.4) is 0 Å². The summed E-state index contributed by atoms with van der Waals surface area (Å²) in [6.07, 6.45) is -22.7. The number of aliphatic hydroxyl groups excluding tert-OH is 8. The van der Waals surface area contributed by atoms with Gasteiger partial charge in [-0.3, -0.25) is 0 Å². The number of methoxy groups -OCH3 is 1. The third-order valence-electron chi connectivity index (χ3n) is 8.13. The average Bonchev–Trinajstić information content (AvgIpc) is 3.02. The molecule has 252 valence electrons. The van der Waals surface area contributed by atoms with Gasteiger partial charge < -0.3 is 78.4 Å². The number of fused-ring (bicyclic) bond motifs is 1. The molecule has 4 heterocycles. The van der Waals surface area contributed by atoms with E-state index in [1.165, 1.54) is 45.2 Å². The maximum atomic E-state index is 11.8. The highest BCUT2D eigenvalue weighted by Crippen LogP contribution is 2.36. The van der Waals surface area contributed by atoms with E-state index in [4.69, 9.17) is 37.6 Å². The fraction of sp³-hybridized carbons (Fsp3) is 0.679. The topological polar surface area (TPSA) is 257 Å². The largest absolute Gasteiger partial charge is 0.493 e. The molecule has 3 aliphatic rings. The van der Waals surface area contributed by atoms with Crippen LogP contribution < -0.4 is 15.1 Å². The zero-order valence-electron chi connectivity index (χ0n) is 24.4. The predicted octanol–water partition coefficient (Wildman–Crippen LogP) is -3.32. The quantitative estimate of drug-likeness (QED) is 0.131. The van der Waals surface area contributed by atoms with E-state index in [0.29, 0.717) is 5.39 Å². The summed E-state index contributed by atoms with van der Waals surface area (Å²) in [6, 6.07) is 5.56. The zero-order valence-corrected chi connectivity index (χ0v) is 24.4. The summed E-state index contributed by atoms with van der Waals surface area (Å²) in [5.74, 6) is 0.0978. The number of benzene rings is 1. The van der Waals surface area contributed by atoms with Crippen LogP contribution in [-0.4, -0.2) is 147 Å². The maximum Gasteiger partial charge on any atom is 0.336 e. The van der Waals surface area contributed by atoms with Crippen molar-refractivity contribution < 1.29 is 78.4 Å². The predicted molar refractivity (Wildman–Crippen MR) is 146 cm³/mol. The van der Waals surface area contributed by atoms with E-state index < -0.39 is 104 Å². The van der Waals surface area contributed by atoms with Gasteiger partial charge in [0.15, 0.2) is 30.2 Å². The molecule has 45 heavy (non-hydrogen) atoms. The molecule has 3 saturated heterocycles. The minimum Gasteiger partial charge on any atom is -0.493 e. The summed E-state index contributed by atoms with van der Waals surface area (Å²) in [4.78, 5) is 11.8. The van der Waals surface area contributed by atoms with Gasteiger partial charge in [0.1, 0.15) is 60.5 Å². The first kappa shape index (κ1) is 33.9. The van der Waals surface area contributed by atoms with Crippen molar-refractivity contribution in [3.8, 4) is 11.5 Å². The van der Waals surface area contributed by atoms with E-state index in [9.17, 15) is 45.6 Å². The summed E-state index contributed by atoms with van der Waals surface area (Å²) in [5, 5.41) is 83.9. The Morgan fingerprint density at radius 3 is 1.96 bits per heavy atom. The van der Waals surface area contributed by atoms with Gasteiger partial charge in [0.2, 0.25) is 6.29 Å². The Hall–Kier alpha value is -2.49.